The second-order valence-corrected chi connectivity index (χ2v) is 9.99. The van der Waals surface area contributed by atoms with Gasteiger partial charge in [-0.3, -0.25) is 9.10 Å². The van der Waals surface area contributed by atoms with Crippen molar-refractivity contribution in [3.8, 4) is 5.69 Å². The number of aromatic amines is 1. The standard InChI is InChI=1S/C25H23N3O4S/c29-24-21-13-4-5-14-22(21)26-25(30)28(24)19-11-8-12-20(17-19)33(31,32)27-16-7-1-2-9-18-10-3-6-15-23(18)27/h3-6,8,10-15,17H,1-2,7,9,16H2,(H,26,30). The van der Waals surface area contributed by atoms with E-state index in [1.165, 1.54) is 16.4 Å². The normalized spacial score (nSPS) is 14.5. The van der Waals surface area contributed by atoms with E-state index in [9.17, 15) is 18.0 Å². The van der Waals surface area contributed by atoms with Crippen molar-refractivity contribution in [2.24, 2.45) is 0 Å². The van der Waals surface area contributed by atoms with E-state index >= 15 is 0 Å². The molecule has 0 bridgehead atoms. The lowest BCUT2D eigenvalue weighted by Crippen LogP contribution is -2.35. The predicted octanol–water partition coefficient (Wildman–Crippen LogP) is 3.60. The Balaban J connectivity index is 1.64. The highest BCUT2D eigenvalue weighted by atomic mass is 32.2. The molecule has 0 spiro atoms. The van der Waals surface area contributed by atoms with Crippen LogP contribution in [-0.4, -0.2) is 24.5 Å². The number of hydrogen-bond donors (Lipinski definition) is 1. The number of fused-ring (bicyclic) bond motifs is 2. The van der Waals surface area contributed by atoms with Crippen molar-refractivity contribution in [3.05, 3.63) is 99.2 Å². The van der Waals surface area contributed by atoms with Gasteiger partial charge in [-0.1, -0.05) is 42.8 Å². The number of para-hydroxylation sites is 2. The minimum absolute atomic E-state index is 0.0369. The third kappa shape index (κ3) is 3.76. The average Bonchev–Trinajstić information content (AvgIpc) is 2.80. The Morgan fingerprint density at radius 1 is 0.818 bits per heavy atom. The highest BCUT2D eigenvalue weighted by Gasteiger charge is 2.28. The molecule has 1 N–H and O–H groups in total. The van der Waals surface area contributed by atoms with Gasteiger partial charge >= 0.3 is 5.69 Å². The van der Waals surface area contributed by atoms with E-state index in [0.29, 0.717) is 23.1 Å². The molecule has 4 aromatic rings. The zero-order valence-electron chi connectivity index (χ0n) is 17.9. The van der Waals surface area contributed by atoms with Gasteiger partial charge in [-0.25, -0.2) is 17.8 Å². The molecule has 3 aromatic carbocycles. The summed E-state index contributed by atoms with van der Waals surface area (Å²) in [5, 5.41) is 0.350. The molecule has 7 nitrogen and oxygen atoms in total. The van der Waals surface area contributed by atoms with Crippen LogP contribution >= 0.6 is 0 Å². The first-order chi connectivity index (χ1) is 16.0. The Morgan fingerprint density at radius 3 is 2.48 bits per heavy atom. The zero-order chi connectivity index (χ0) is 23.0. The van der Waals surface area contributed by atoms with Crippen molar-refractivity contribution in [2.75, 3.05) is 10.8 Å². The Bertz CT molecular complexity index is 1570. The molecule has 1 aliphatic heterocycles. The molecule has 0 amide bonds. The Morgan fingerprint density at radius 2 is 1.61 bits per heavy atom. The maximum atomic E-state index is 13.7. The molecule has 0 aliphatic carbocycles. The maximum Gasteiger partial charge on any atom is 0.333 e. The van der Waals surface area contributed by atoms with Crippen LogP contribution in [0.4, 0.5) is 5.69 Å². The van der Waals surface area contributed by atoms with Gasteiger partial charge in [0.2, 0.25) is 0 Å². The molecule has 8 heteroatoms. The van der Waals surface area contributed by atoms with Gasteiger partial charge in [0.1, 0.15) is 0 Å². The van der Waals surface area contributed by atoms with Crippen LogP contribution in [0, 0.1) is 0 Å². The molecule has 5 rings (SSSR count). The molecule has 2 heterocycles. The lowest BCUT2D eigenvalue weighted by molar-refractivity contribution is 0.583. The molecule has 0 radical (unpaired) electrons. The van der Waals surface area contributed by atoms with Gasteiger partial charge < -0.3 is 4.98 Å². The second kappa shape index (κ2) is 8.37. The van der Waals surface area contributed by atoms with Crippen LogP contribution in [0.15, 0.2) is 87.3 Å². The minimum atomic E-state index is -3.91. The summed E-state index contributed by atoms with van der Waals surface area (Å²) in [6, 6.07) is 20.3. The van der Waals surface area contributed by atoms with E-state index in [2.05, 4.69) is 4.98 Å². The quantitative estimate of drug-likeness (QED) is 0.505. The molecule has 0 atom stereocenters. The third-order valence-electron chi connectivity index (χ3n) is 6.04. The number of H-pyrrole nitrogens is 1. The van der Waals surface area contributed by atoms with Gasteiger partial charge in [0.15, 0.2) is 0 Å². The molecule has 0 unspecified atom stereocenters. The summed E-state index contributed by atoms with van der Waals surface area (Å²) in [5.41, 5.74) is 1.20. The lowest BCUT2D eigenvalue weighted by Gasteiger charge is -2.28. The summed E-state index contributed by atoms with van der Waals surface area (Å²) >= 11 is 0. The molecule has 1 aliphatic rings. The van der Waals surface area contributed by atoms with Crippen LogP contribution in [0.25, 0.3) is 16.6 Å². The molecule has 0 saturated carbocycles. The number of hydrogen-bond acceptors (Lipinski definition) is 4. The highest BCUT2D eigenvalue weighted by Crippen LogP contribution is 2.31. The van der Waals surface area contributed by atoms with Crippen LogP contribution < -0.4 is 15.6 Å². The lowest BCUT2D eigenvalue weighted by atomic mass is 10.0. The van der Waals surface area contributed by atoms with E-state index in [1.807, 2.05) is 24.3 Å². The summed E-state index contributed by atoms with van der Waals surface area (Å²) in [5.74, 6) is 0. The number of aryl methyl sites for hydroxylation is 1. The largest absolute Gasteiger partial charge is 0.333 e. The van der Waals surface area contributed by atoms with Crippen LogP contribution in [0.3, 0.4) is 0 Å². The molecular formula is C25H23N3O4S. The Labute approximate surface area is 191 Å². The van der Waals surface area contributed by atoms with Crippen molar-refractivity contribution in [3.63, 3.8) is 0 Å². The summed E-state index contributed by atoms with van der Waals surface area (Å²) in [6.07, 6.45) is 3.55. The first kappa shape index (κ1) is 21.2. The molecule has 0 fully saturated rings. The minimum Gasteiger partial charge on any atom is -0.306 e. The van der Waals surface area contributed by atoms with E-state index in [-0.39, 0.29) is 10.6 Å². The van der Waals surface area contributed by atoms with Gasteiger partial charge in [-0.15, -0.1) is 0 Å². The fourth-order valence-corrected chi connectivity index (χ4v) is 5.97. The third-order valence-corrected chi connectivity index (χ3v) is 7.85. The number of anilines is 1. The molecule has 1 aromatic heterocycles. The van der Waals surface area contributed by atoms with Gasteiger partial charge in [-0.2, -0.15) is 0 Å². The van der Waals surface area contributed by atoms with Crippen LogP contribution in [0.2, 0.25) is 0 Å². The van der Waals surface area contributed by atoms with Crippen molar-refractivity contribution in [2.45, 2.75) is 30.6 Å². The highest BCUT2D eigenvalue weighted by molar-refractivity contribution is 7.92. The second-order valence-electron chi connectivity index (χ2n) is 8.13. The van der Waals surface area contributed by atoms with Gasteiger partial charge in [0.25, 0.3) is 15.6 Å². The van der Waals surface area contributed by atoms with E-state index in [4.69, 9.17) is 0 Å². The summed E-state index contributed by atoms with van der Waals surface area (Å²) in [4.78, 5) is 28.5. The number of nitrogens with zero attached hydrogens (tertiary/aromatic N) is 2. The summed E-state index contributed by atoms with van der Waals surface area (Å²) in [7, 11) is -3.91. The van der Waals surface area contributed by atoms with Crippen LogP contribution in [0.1, 0.15) is 24.8 Å². The van der Waals surface area contributed by atoms with Gasteiger partial charge in [0.05, 0.1) is 27.2 Å². The van der Waals surface area contributed by atoms with Crippen LogP contribution in [0.5, 0.6) is 0 Å². The molecule has 168 valence electrons. The number of sulfonamides is 1. The van der Waals surface area contributed by atoms with Crippen molar-refractivity contribution >= 4 is 26.6 Å². The SMILES string of the molecule is O=c1[nH]c2ccccc2c(=O)n1-c1cccc(S(=O)(=O)N2CCCCCc3ccccc32)c1. The molecule has 0 saturated heterocycles. The fourth-order valence-electron chi connectivity index (χ4n) is 4.39. The van der Waals surface area contributed by atoms with Gasteiger partial charge in [0, 0.05) is 6.54 Å². The van der Waals surface area contributed by atoms with Crippen molar-refractivity contribution < 1.29 is 8.42 Å². The Kier molecular flexibility index (Phi) is 5.38. The van der Waals surface area contributed by atoms with E-state index in [1.54, 1.807) is 36.4 Å². The van der Waals surface area contributed by atoms with E-state index < -0.39 is 21.3 Å². The summed E-state index contributed by atoms with van der Waals surface area (Å²) < 4.78 is 29.9. The maximum absolute atomic E-state index is 13.7. The number of aromatic nitrogens is 2. The monoisotopic (exact) mass is 461 g/mol. The number of nitrogens with one attached hydrogen (secondary N) is 1. The topological polar surface area (TPSA) is 92.2 Å². The Hall–Kier alpha value is -3.65. The predicted molar refractivity (Wildman–Crippen MR) is 129 cm³/mol. The van der Waals surface area contributed by atoms with Crippen molar-refractivity contribution in [1.82, 2.24) is 9.55 Å². The smallest absolute Gasteiger partial charge is 0.306 e. The van der Waals surface area contributed by atoms with E-state index in [0.717, 1.165) is 35.8 Å². The first-order valence-electron chi connectivity index (χ1n) is 10.9. The zero-order valence-corrected chi connectivity index (χ0v) is 18.7. The fraction of sp³-hybridized carbons (Fsp3) is 0.200. The molecular weight excluding hydrogens is 438 g/mol. The number of rotatable bonds is 3. The van der Waals surface area contributed by atoms with Crippen molar-refractivity contribution in [1.29, 1.82) is 0 Å². The number of benzene rings is 3. The van der Waals surface area contributed by atoms with Gasteiger partial charge in [-0.05, 0) is 61.2 Å². The molecule has 33 heavy (non-hydrogen) atoms. The van der Waals surface area contributed by atoms with Crippen LogP contribution in [-0.2, 0) is 16.4 Å². The summed E-state index contributed by atoms with van der Waals surface area (Å²) in [6.45, 7) is 0.375. The first-order valence-corrected chi connectivity index (χ1v) is 12.4. The average molecular weight is 462 g/mol.